The van der Waals surface area contributed by atoms with E-state index in [4.69, 9.17) is 0 Å². The summed E-state index contributed by atoms with van der Waals surface area (Å²) in [5, 5.41) is 11.9. The molecule has 2 N–H and O–H groups in total. The number of carbonyl (C=O) groups excluding carboxylic acids is 2. The second kappa shape index (κ2) is 8.93. The van der Waals surface area contributed by atoms with Crippen LogP contribution in [0, 0.1) is 0 Å². The normalized spacial score (nSPS) is 14.0. The van der Waals surface area contributed by atoms with Crippen molar-refractivity contribution in [2.75, 3.05) is 20.2 Å². The van der Waals surface area contributed by atoms with E-state index < -0.39 is 34.0 Å². The number of aliphatic hydroxyl groups excluding tert-OH is 1. The number of amides is 1. The van der Waals surface area contributed by atoms with Crippen molar-refractivity contribution in [2.24, 2.45) is 0 Å². The maximum Gasteiger partial charge on any atom is 0.331 e. The van der Waals surface area contributed by atoms with E-state index in [9.17, 15) is 23.1 Å². The predicted octanol–water partition coefficient (Wildman–Crippen LogP) is 0.369. The van der Waals surface area contributed by atoms with Crippen LogP contribution >= 0.6 is 0 Å². The third-order valence-corrected chi connectivity index (χ3v) is 5.75. The summed E-state index contributed by atoms with van der Waals surface area (Å²) >= 11 is 0. The van der Waals surface area contributed by atoms with Gasteiger partial charge in [-0.2, -0.15) is 4.31 Å². The molecule has 0 spiro atoms. The minimum Gasteiger partial charge on any atom is -0.467 e. The molecular formula is C16H24N2O6S. The van der Waals surface area contributed by atoms with Crippen LogP contribution in [0.1, 0.15) is 31.1 Å². The van der Waals surface area contributed by atoms with Gasteiger partial charge in [0.2, 0.25) is 10.0 Å². The minimum absolute atomic E-state index is 0.0767. The molecule has 0 heterocycles. The second-order valence-electron chi connectivity index (χ2n) is 5.33. The van der Waals surface area contributed by atoms with Gasteiger partial charge in [0.1, 0.15) is 0 Å². The molecule has 0 radical (unpaired) electrons. The number of nitrogens with zero attached hydrogens (tertiary/aromatic N) is 1. The molecule has 0 aliphatic heterocycles. The average molecular weight is 372 g/mol. The van der Waals surface area contributed by atoms with Crippen molar-refractivity contribution in [2.45, 2.75) is 37.8 Å². The average Bonchev–Trinajstić information content (AvgIpc) is 2.59. The van der Waals surface area contributed by atoms with Crippen molar-refractivity contribution in [3.63, 3.8) is 0 Å². The van der Waals surface area contributed by atoms with Gasteiger partial charge < -0.3 is 15.2 Å². The summed E-state index contributed by atoms with van der Waals surface area (Å²) in [6, 6.07) is 4.15. The molecule has 8 nitrogen and oxygen atoms in total. The topological polar surface area (TPSA) is 113 Å². The van der Waals surface area contributed by atoms with E-state index in [1.54, 1.807) is 13.8 Å². The lowest BCUT2D eigenvalue weighted by atomic mass is 10.1. The Bertz CT molecular complexity index is 696. The quantitative estimate of drug-likeness (QED) is 0.638. The van der Waals surface area contributed by atoms with Crippen LogP contribution in [0.5, 0.6) is 0 Å². The fraction of sp³-hybridized carbons (Fsp3) is 0.500. The number of sulfonamides is 1. The third kappa shape index (κ3) is 5.00. The molecule has 0 aliphatic rings. The van der Waals surface area contributed by atoms with Crippen molar-refractivity contribution in [1.82, 2.24) is 9.62 Å². The molecule has 25 heavy (non-hydrogen) atoms. The van der Waals surface area contributed by atoms with Crippen LogP contribution in [0.3, 0.4) is 0 Å². The number of benzene rings is 1. The molecule has 140 valence electrons. The first-order valence-corrected chi connectivity index (χ1v) is 9.29. The van der Waals surface area contributed by atoms with Crippen LogP contribution in [0.25, 0.3) is 0 Å². The monoisotopic (exact) mass is 372 g/mol. The molecule has 0 aliphatic carbocycles. The Morgan fingerprint density at radius 1 is 1.20 bits per heavy atom. The highest BCUT2D eigenvalue weighted by atomic mass is 32.2. The van der Waals surface area contributed by atoms with Gasteiger partial charge in [-0.05, 0) is 31.2 Å². The first-order chi connectivity index (χ1) is 11.7. The number of esters is 1. The maximum atomic E-state index is 12.4. The smallest absolute Gasteiger partial charge is 0.331 e. The van der Waals surface area contributed by atoms with Crippen molar-refractivity contribution < 1.29 is 27.9 Å². The molecule has 1 rings (SSSR count). The summed E-state index contributed by atoms with van der Waals surface area (Å²) in [6.07, 6.45) is -1.14. The van der Waals surface area contributed by atoms with Gasteiger partial charge in [0, 0.05) is 18.7 Å². The number of ether oxygens (including phenoxy) is 1. The summed E-state index contributed by atoms with van der Waals surface area (Å²) in [4.78, 5) is 23.8. The minimum atomic E-state index is -3.61. The summed E-state index contributed by atoms with van der Waals surface area (Å²) in [7, 11) is -2.46. The van der Waals surface area contributed by atoms with Crippen molar-refractivity contribution in [1.29, 1.82) is 0 Å². The largest absolute Gasteiger partial charge is 0.467 e. The van der Waals surface area contributed by atoms with E-state index in [1.807, 2.05) is 0 Å². The second-order valence-corrected chi connectivity index (χ2v) is 7.27. The summed E-state index contributed by atoms with van der Waals surface area (Å²) < 4.78 is 30.6. The molecule has 0 saturated carbocycles. The number of rotatable bonds is 8. The van der Waals surface area contributed by atoms with Crippen molar-refractivity contribution >= 4 is 21.9 Å². The van der Waals surface area contributed by atoms with Crippen molar-refractivity contribution in [3.05, 3.63) is 29.8 Å². The van der Waals surface area contributed by atoms with E-state index in [0.717, 1.165) is 7.11 Å². The van der Waals surface area contributed by atoms with E-state index >= 15 is 0 Å². The van der Waals surface area contributed by atoms with Crippen LogP contribution in [0.15, 0.2) is 29.2 Å². The van der Waals surface area contributed by atoms with Gasteiger partial charge in [-0.3, -0.25) is 4.79 Å². The van der Waals surface area contributed by atoms with Gasteiger partial charge in [0.05, 0.1) is 18.1 Å². The molecule has 0 unspecified atom stereocenters. The Hall–Kier alpha value is -1.97. The molecule has 1 amide bonds. The molecule has 0 aromatic heterocycles. The van der Waals surface area contributed by atoms with Crippen LogP contribution in [0.2, 0.25) is 0 Å². The molecule has 2 atom stereocenters. The van der Waals surface area contributed by atoms with Gasteiger partial charge in [0.25, 0.3) is 5.91 Å². The third-order valence-electron chi connectivity index (χ3n) is 3.68. The lowest BCUT2D eigenvalue weighted by Gasteiger charge is -2.20. The highest BCUT2D eigenvalue weighted by Crippen LogP contribution is 2.16. The molecule has 9 heteroatoms. The van der Waals surface area contributed by atoms with Gasteiger partial charge in [-0.25, -0.2) is 13.2 Å². The van der Waals surface area contributed by atoms with Crippen molar-refractivity contribution in [3.8, 4) is 0 Å². The van der Waals surface area contributed by atoms with Crippen LogP contribution in [0.4, 0.5) is 0 Å². The van der Waals surface area contributed by atoms with Crippen LogP contribution < -0.4 is 5.32 Å². The Kier molecular flexibility index (Phi) is 7.53. The maximum absolute atomic E-state index is 12.4. The van der Waals surface area contributed by atoms with Gasteiger partial charge in [-0.15, -0.1) is 0 Å². The van der Waals surface area contributed by atoms with Gasteiger partial charge in [0.15, 0.2) is 6.04 Å². The molecule has 0 fully saturated rings. The van der Waals surface area contributed by atoms with Gasteiger partial charge in [-0.1, -0.05) is 13.8 Å². The zero-order chi connectivity index (χ0) is 19.2. The highest BCUT2D eigenvalue weighted by molar-refractivity contribution is 7.89. The predicted molar refractivity (Wildman–Crippen MR) is 91.5 cm³/mol. The van der Waals surface area contributed by atoms with Crippen LogP contribution in [-0.4, -0.2) is 62.1 Å². The first-order valence-electron chi connectivity index (χ1n) is 7.85. The summed E-state index contributed by atoms with van der Waals surface area (Å²) in [5.74, 6) is -1.40. The number of aliphatic hydroxyl groups is 1. The molecule has 0 saturated heterocycles. The molecule has 0 bridgehead atoms. The van der Waals surface area contributed by atoms with Crippen LogP contribution in [-0.2, 0) is 19.6 Å². The first kappa shape index (κ1) is 21.1. The lowest BCUT2D eigenvalue weighted by molar-refractivity contribution is -0.145. The number of hydrogen-bond donors (Lipinski definition) is 2. The van der Waals surface area contributed by atoms with E-state index in [1.165, 1.54) is 35.5 Å². The van der Waals surface area contributed by atoms with E-state index in [0.29, 0.717) is 13.1 Å². The SMILES string of the molecule is CCN(CC)S(=O)(=O)c1ccc(C(=O)N[C@@H](C(=O)OC)[C@H](C)O)cc1. The summed E-state index contributed by atoms with van der Waals surface area (Å²) in [6.45, 7) is 5.52. The standard InChI is InChI=1S/C16H24N2O6S/c1-5-18(6-2)25(22,23)13-9-7-12(8-10-13)15(20)17-14(11(3)19)16(21)24-4/h7-11,14,19H,5-6H2,1-4H3,(H,17,20)/t11-,14+/m0/s1. The molecule has 1 aromatic rings. The fourth-order valence-corrected chi connectivity index (χ4v) is 3.68. The lowest BCUT2D eigenvalue weighted by Crippen LogP contribution is -2.48. The highest BCUT2D eigenvalue weighted by Gasteiger charge is 2.27. The molecule has 1 aromatic carbocycles. The Labute approximate surface area is 147 Å². The van der Waals surface area contributed by atoms with E-state index in [-0.39, 0.29) is 10.5 Å². The number of hydrogen-bond acceptors (Lipinski definition) is 6. The number of methoxy groups -OCH3 is 1. The van der Waals surface area contributed by atoms with Gasteiger partial charge >= 0.3 is 5.97 Å². The Morgan fingerprint density at radius 2 is 1.72 bits per heavy atom. The zero-order valence-corrected chi connectivity index (χ0v) is 15.5. The Morgan fingerprint density at radius 3 is 2.12 bits per heavy atom. The molecular weight excluding hydrogens is 348 g/mol. The summed E-state index contributed by atoms with van der Waals surface area (Å²) in [5.41, 5.74) is 0.160. The number of nitrogens with one attached hydrogen (secondary N) is 1. The number of carbonyl (C=O) groups is 2. The zero-order valence-electron chi connectivity index (χ0n) is 14.7. The fourth-order valence-electron chi connectivity index (χ4n) is 2.22. The Balaban J connectivity index is 2.99. The van der Waals surface area contributed by atoms with E-state index in [2.05, 4.69) is 10.1 Å².